The van der Waals surface area contributed by atoms with E-state index in [9.17, 15) is 0 Å². The van der Waals surface area contributed by atoms with Gasteiger partial charge in [-0.1, -0.05) is 70.5 Å². The Balaban J connectivity index is 2.14. The Labute approximate surface area is 135 Å². The molecule has 0 aliphatic rings. The van der Waals surface area contributed by atoms with Crippen LogP contribution in [-0.4, -0.2) is 19.5 Å². The lowest BCUT2D eigenvalue weighted by Gasteiger charge is -2.22. The van der Waals surface area contributed by atoms with Crippen LogP contribution in [0.5, 0.6) is 0 Å². The van der Waals surface area contributed by atoms with Crippen LogP contribution in [0.2, 0.25) is 0 Å². The van der Waals surface area contributed by atoms with Crippen LogP contribution < -0.4 is 0 Å². The van der Waals surface area contributed by atoms with Crippen LogP contribution in [0, 0.1) is 0 Å². The fourth-order valence-corrected chi connectivity index (χ4v) is 2.80. The van der Waals surface area contributed by atoms with Crippen molar-refractivity contribution in [3.05, 3.63) is 60.2 Å². The van der Waals surface area contributed by atoms with Gasteiger partial charge >= 0.3 is 0 Å². The van der Waals surface area contributed by atoms with Crippen LogP contribution in [0.15, 0.2) is 54.6 Å². The van der Waals surface area contributed by atoms with Crippen LogP contribution in [0.4, 0.5) is 0 Å². The average Bonchev–Trinajstić information content (AvgIpc) is 2.55. The smallest absolute Gasteiger partial charge is 0.173 e. The molecule has 1 unspecified atom stereocenters. The highest BCUT2D eigenvalue weighted by molar-refractivity contribution is 9.09. The van der Waals surface area contributed by atoms with Gasteiger partial charge in [0.05, 0.1) is 4.83 Å². The number of rotatable bonds is 7. The maximum atomic E-state index is 5.64. The van der Waals surface area contributed by atoms with Crippen molar-refractivity contribution in [3.8, 4) is 11.1 Å². The van der Waals surface area contributed by atoms with Crippen molar-refractivity contribution in [1.82, 2.24) is 0 Å². The third-order valence-electron chi connectivity index (χ3n) is 3.24. The number of hydrogen-bond acceptors (Lipinski definition) is 2. The normalized spacial score (nSPS) is 12.6. The fourth-order valence-electron chi connectivity index (χ4n) is 2.19. The summed E-state index contributed by atoms with van der Waals surface area (Å²) in [7, 11) is 0. The summed E-state index contributed by atoms with van der Waals surface area (Å²) in [6.07, 6.45) is -0.262. The van der Waals surface area contributed by atoms with E-state index in [1.807, 2.05) is 19.9 Å². The van der Waals surface area contributed by atoms with Crippen molar-refractivity contribution in [1.29, 1.82) is 0 Å². The largest absolute Gasteiger partial charge is 0.351 e. The summed E-state index contributed by atoms with van der Waals surface area (Å²) in [6, 6.07) is 18.9. The molecule has 0 saturated heterocycles. The molecule has 2 aromatic carbocycles. The summed E-state index contributed by atoms with van der Waals surface area (Å²) in [5, 5.41) is 0. The molecule has 0 aliphatic heterocycles. The van der Waals surface area contributed by atoms with Gasteiger partial charge < -0.3 is 9.47 Å². The molecule has 2 nitrogen and oxygen atoms in total. The first-order valence-electron chi connectivity index (χ1n) is 7.29. The molecule has 0 aliphatic carbocycles. The molecule has 0 heterocycles. The SMILES string of the molecule is CCOC(OCC)C(Br)c1ccc(-c2ccccc2)cc1. The zero-order valence-electron chi connectivity index (χ0n) is 12.5. The molecule has 2 rings (SSSR count). The molecular formula is C18H21BrO2. The third-order valence-corrected chi connectivity index (χ3v) is 4.20. The molecule has 0 N–H and O–H groups in total. The predicted octanol–water partition coefficient (Wildman–Crippen LogP) is 5.19. The number of ether oxygens (including phenoxy) is 2. The maximum Gasteiger partial charge on any atom is 0.173 e. The van der Waals surface area contributed by atoms with E-state index in [1.165, 1.54) is 11.1 Å². The Morgan fingerprint density at radius 2 is 1.33 bits per heavy atom. The van der Waals surface area contributed by atoms with E-state index in [-0.39, 0.29) is 11.1 Å². The summed E-state index contributed by atoms with van der Waals surface area (Å²) < 4.78 is 11.3. The van der Waals surface area contributed by atoms with Gasteiger partial charge in [0.1, 0.15) is 0 Å². The van der Waals surface area contributed by atoms with E-state index < -0.39 is 0 Å². The van der Waals surface area contributed by atoms with Crippen molar-refractivity contribution < 1.29 is 9.47 Å². The van der Waals surface area contributed by atoms with E-state index in [2.05, 4.69) is 64.5 Å². The number of alkyl halides is 1. The monoisotopic (exact) mass is 348 g/mol. The summed E-state index contributed by atoms with van der Waals surface area (Å²) in [4.78, 5) is 0.0298. The van der Waals surface area contributed by atoms with Crippen molar-refractivity contribution in [3.63, 3.8) is 0 Å². The quantitative estimate of drug-likeness (QED) is 0.506. The van der Waals surface area contributed by atoms with E-state index in [0.29, 0.717) is 13.2 Å². The van der Waals surface area contributed by atoms with Crippen LogP contribution in [0.3, 0.4) is 0 Å². The molecular weight excluding hydrogens is 328 g/mol. The molecule has 3 heteroatoms. The van der Waals surface area contributed by atoms with E-state index in [0.717, 1.165) is 5.56 Å². The highest BCUT2D eigenvalue weighted by Crippen LogP contribution is 2.31. The van der Waals surface area contributed by atoms with Gasteiger partial charge in [-0.3, -0.25) is 0 Å². The Morgan fingerprint density at radius 3 is 1.86 bits per heavy atom. The van der Waals surface area contributed by atoms with Gasteiger partial charge in [0, 0.05) is 13.2 Å². The van der Waals surface area contributed by atoms with Crippen molar-refractivity contribution >= 4 is 15.9 Å². The molecule has 0 amide bonds. The van der Waals surface area contributed by atoms with Crippen LogP contribution in [-0.2, 0) is 9.47 Å². The minimum atomic E-state index is -0.262. The fraction of sp³-hybridized carbons (Fsp3) is 0.333. The van der Waals surface area contributed by atoms with Gasteiger partial charge in [-0.05, 0) is 30.5 Å². The standard InChI is InChI=1S/C18H21BrO2/c1-3-20-18(21-4-2)17(19)16-12-10-15(11-13-16)14-8-6-5-7-9-14/h5-13,17-18H,3-4H2,1-2H3. The summed E-state index contributed by atoms with van der Waals surface area (Å²) in [5.41, 5.74) is 3.59. The lowest BCUT2D eigenvalue weighted by Crippen LogP contribution is -2.22. The highest BCUT2D eigenvalue weighted by atomic mass is 79.9. The molecule has 1 atom stereocenters. The molecule has 0 radical (unpaired) electrons. The van der Waals surface area contributed by atoms with Crippen LogP contribution in [0.25, 0.3) is 11.1 Å². The van der Waals surface area contributed by atoms with Gasteiger partial charge in [-0.25, -0.2) is 0 Å². The Kier molecular flexibility index (Phi) is 6.43. The first-order valence-corrected chi connectivity index (χ1v) is 8.20. The average molecular weight is 349 g/mol. The number of benzene rings is 2. The Bertz CT molecular complexity index is 519. The Hall–Kier alpha value is -1.16. The van der Waals surface area contributed by atoms with Crippen molar-refractivity contribution in [2.24, 2.45) is 0 Å². The first-order chi connectivity index (χ1) is 10.3. The topological polar surface area (TPSA) is 18.5 Å². The maximum absolute atomic E-state index is 5.64. The van der Waals surface area contributed by atoms with Crippen LogP contribution >= 0.6 is 15.9 Å². The molecule has 112 valence electrons. The molecule has 21 heavy (non-hydrogen) atoms. The molecule has 0 fully saturated rings. The second kappa shape index (κ2) is 8.32. The van der Waals surface area contributed by atoms with Gasteiger partial charge in [0.15, 0.2) is 6.29 Å². The summed E-state index contributed by atoms with van der Waals surface area (Å²) in [6.45, 7) is 5.22. The minimum Gasteiger partial charge on any atom is -0.351 e. The first kappa shape index (κ1) is 16.2. The second-order valence-corrected chi connectivity index (χ2v) is 5.66. The lowest BCUT2D eigenvalue weighted by atomic mass is 10.0. The van der Waals surface area contributed by atoms with Gasteiger partial charge in [0.2, 0.25) is 0 Å². The lowest BCUT2D eigenvalue weighted by molar-refractivity contribution is -0.135. The molecule has 2 aromatic rings. The van der Waals surface area contributed by atoms with E-state index in [1.54, 1.807) is 0 Å². The second-order valence-electron chi connectivity index (χ2n) is 4.67. The molecule has 0 spiro atoms. The van der Waals surface area contributed by atoms with Gasteiger partial charge in [-0.15, -0.1) is 0 Å². The van der Waals surface area contributed by atoms with E-state index in [4.69, 9.17) is 9.47 Å². The molecule has 0 saturated carbocycles. The van der Waals surface area contributed by atoms with E-state index >= 15 is 0 Å². The zero-order chi connectivity index (χ0) is 15.1. The molecule has 0 aromatic heterocycles. The van der Waals surface area contributed by atoms with Gasteiger partial charge in [-0.2, -0.15) is 0 Å². The molecule has 0 bridgehead atoms. The Morgan fingerprint density at radius 1 is 0.810 bits per heavy atom. The summed E-state index contributed by atoms with van der Waals surface area (Å²) >= 11 is 3.69. The zero-order valence-corrected chi connectivity index (χ0v) is 14.0. The predicted molar refractivity (Wildman–Crippen MR) is 90.6 cm³/mol. The minimum absolute atomic E-state index is 0.0298. The van der Waals surface area contributed by atoms with Crippen molar-refractivity contribution in [2.75, 3.05) is 13.2 Å². The van der Waals surface area contributed by atoms with Gasteiger partial charge in [0.25, 0.3) is 0 Å². The van der Waals surface area contributed by atoms with Crippen LogP contribution in [0.1, 0.15) is 24.2 Å². The third kappa shape index (κ3) is 4.40. The summed E-state index contributed by atoms with van der Waals surface area (Å²) in [5.74, 6) is 0. The number of halogens is 1. The van der Waals surface area contributed by atoms with Crippen molar-refractivity contribution in [2.45, 2.75) is 25.0 Å². The number of hydrogen-bond donors (Lipinski definition) is 0. The highest BCUT2D eigenvalue weighted by Gasteiger charge is 2.21.